The average Bonchev–Trinajstić information content (AvgIpc) is 2.13. The van der Waals surface area contributed by atoms with E-state index < -0.39 is 12.0 Å². The van der Waals surface area contributed by atoms with Gasteiger partial charge in [-0.1, -0.05) is 23.7 Å². The standard InChI is InChI=1S/C9H10ClF2N/c10-9-6(4-7(11)5-13)2-1-3-8(9)12/h1-3,7H,4-5,13H2. The van der Waals surface area contributed by atoms with Gasteiger partial charge in [0.2, 0.25) is 0 Å². The molecule has 1 aromatic carbocycles. The molecule has 0 aromatic heterocycles. The maximum Gasteiger partial charge on any atom is 0.142 e. The molecule has 13 heavy (non-hydrogen) atoms. The Morgan fingerprint density at radius 2 is 2.15 bits per heavy atom. The average molecular weight is 206 g/mol. The molecule has 1 aromatic rings. The van der Waals surface area contributed by atoms with Crippen molar-refractivity contribution >= 4 is 11.6 Å². The third-order valence-corrected chi connectivity index (χ3v) is 2.15. The van der Waals surface area contributed by atoms with Gasteiger partial charge in [0.05, 0.1) is 5.02 Å². The molecular formula is C9H10ClF2N. The molecule has 0 bridgehead atoms. The van der Waals surface area contributed by atoms with E-state index in [1.54, 1.807) is 6.07 Å². The Balaban J connectivity index is 2.83. The fourth-order valence-electron chi connectivity index (χ4n) is 1.03. The van der Waals surface area contributed by atoms with Crippen molar-refractivity contribution < 1.29 is 8.78 Å². The molecule has 0 heterocycles. The topological polar surface area (TPSA) is 26.0 Å². The van der Waals surface area contributed by atoms with E-state index >= 15 is 0 Å². The molecule has 0 saturated carbocycles. The Morgan fingerprint density at radius 1 is 1.46 bits per heavy atom. The molecule has 1 rings (SSSR count). The second-order valence-corrected chi connectivity index (χ2v) is 3.13. The highest BCUT2D eigenvalue weighted by molar-refractivity contribution is 6.31. The Labute approximate surface area is 80.5 Å². The van der Waals surface area contributed by atoms with Crippen molar-refractivity contribution in [3.63, 3.8) is 0 Å². The first kappa shape index (κ1) is 10.4. The van der Waals surface area contributed by atoms with Gasteiger partial charge in [0, 0.05) is 13.0 Å². The third kappa shape index (κ3) is 2.64. The number of nitrogens with two attached hydrogens (primary N) is 1. The van der Waals surface area contributed by atoms with E-state index in [9.17, 15) is 8.78 Å². The number of rotatable bonds is 3. The van der Waals surface area contributed by atoms with Gasteiger partial charge in [-0.3, -0.25) is 0 Å². The summed E-state index contributed by atoms with van der Waals surface area (Å²) in [5, 5.41) is -0.0152. The molecule has 2 N–H and O–H groups in total. The number of benzene rings is 1. The van der Waals surface area contributed by atoms with Crippen LogP contribution in [0.1, 0.15) is 5.56 Å². The highest BCUT2D eigenvalue weighted by Crippen LogP contribution is 2.21. The summed E-state index contributed by atoms with van der Waals surface area (Å²) >= 11 is 5.61. The molecule has 0 radical (unpaired) electrons. The quantitative estimate of drug-likeness (QED) is 0.805. The van der Waals surface area contributed by atoms with Crippen LogP contribution in [0.2, 0.25) is 5.02 Å². The monoisotopic (exact) mass is 205 g/mol. The maximum atomic E-state index is 12.8. The van der Waals surface area contributed by atoms with Crippen LogP contribution in [-0.2, 0) is 6.42 Å². The van der Waals surface area contributed by atoms with Crippen LogP contribution < -0.4 is 5.73 Å². The lowest BCUT2D eigenvalue weighted by Gasteiger charge is -2.07. The van der Waals surface area contributed by atoms with Crippen LogP contribution in [0.5, 0.6) is 0 Å². The highest BCUT2D eigenvalue weighted by atomic mass is 35.5. The Kier molecular flexibility index (Phi) is 3.63. The van der Waals surface area contributed by atoms with Crippen LogP contribution in [0, 0.1) is 5.82 Å². The summed E-state index contributed by atoms with van der Waals surface area (Å²) in [6.07, 6.45) is -1.10. The second-order valence-electron chi connectivity index (χ2n) is 2.75. The maximum absolute atomic E-state index is 12.8. The minimum atomic E-state index is -1.17. The molecule has 0 aliphatic carbocycles. The predicted molar refractivity (Wildman–Crippen MR) is 49.1 cm³/mol. The minimum absolute atomic E-state index is 0.0152. The smallest absolute Gasteiger partial charge is 0.142 e. The van der Waals surface area contributed by atoms with E-state index in [2.05, 4.69) is 0 Å². The van der Waals surface area contributed by atoms with Crippen molar-refractivity contribution in [2.45, 2.75) is 12.6 Å². The van der Waals surface area contributed by atoms with E-state index in [0.717, 1.165) is 0 Å². The third-order valence-electron chi connectivity index (χ3n) is 1.73. The first-order chi connectivity index (χ1) is 6.15. The summed E-state index contributed by atoms with van der Waals surface area (Å²) in [5.41, 5.74) is 5.55. The van der Waals surface area contributed by atoms with Crippen LogP contribution in [0.25, 0.3) is 0 Å². The molecule has 1 atom stereocenters. The fourth-order valence-corrected chi connectivity index (χ4v) is 1.23. The van der Waals surface area contributed by atoms with Gasteiger partial charge in [0.1, 0.15) is 12.0 Å². The predicted octanol–water partition coefficient (Wildman–Crippen LogP) is 2.32. The van der Waals surface area contributed by atoms with E-state index in [-0.39, 0.29) is 18.0 Å². The summed E-state index contributed by atoms with van der Waals surface area (Å²) in [6, 6.07) is 4.33. The minimum Gasteiger partial charge on any atom is -0.328 e. The summed E-state index contributed by atoms with van der Waals surface area (Å²) in [4.78, 5) is 0. The van der Waals surface area contributed by atoms with Gasteiger partial charge in [-0.25, -0.2) is 8.78 Å². The molecule has 4 heteroatoms. The zero-order valence-electron chi connectivity index (χ0n) is 6.93. The van der Waals surface area contributed by atoms with Crippen molar-refractivity contribution in [2.24, 2.45) is 5.73 Å². The molecule has 1 nitrogen and oxygen atoms in total. The first-order valence-corrected chi connectivity index (χ1v) is 4.30. The number of hydrogen-bond donors (Lipinski definition) is 1. The molecule has 1 unspecified atom stereocenters. The van der Waals surface area contributed by atoms with Crippen molar-refractivity contribution in [2.75, 3.05) is 6.54 Å². The van der Waals surface area contributed by atoms with Crippen LogP contribution in [0.15, 0.2) is 18.2 Å². The van der Waals surface area contributed by atoms with Gasteiger partial charge in [0.25, 0.3) is 0 Å². The lowest BCUT2D eigenvalue weighted by molar-refractivity contribution is 0.340. The normalized spacial score (nSPS) is 12.9. The summed E-state index contributed by atoms with van der Waals surface area (Å²) in [5.74, 6) is -0.525. The number of hydrogen-bond acceptors (Lipinski definition) is 1. The second kappa shape index (κ2) is 4.53. The fraction of sp³-hybridized carbons (Fsp3) is 0.333. The van der Waals surface area contributed by atoms with Crippen molar-refractivity contribution in [1.82, 2.24) is 0 Å². The van der Waals surface area contributed by atoms with E-state index in [0.29, 0.717) is 5.56 Å². The van der Waals surface area contributed by atoms with Crippen molar-refractivity contribution in [3.05, 3.63) is 34.6 Å². The van der Waals surface area contributed by atoms with E-state index in [1.165, 1.54) is 12.1 Å². The highest BCUT2D eigenvalue weighted by Gasteiger charge is 2.10. The van der Waals surface area contributed by atoms with Crippen LogP contribution in [0.3, 0.4) is 0 Å². The van der Waals surface area contributed by atoms with E-state index in [4.69, 9.17) is 17.3 Å². The summed E-state index contributed by atoms with van der Waals surface area (Å²) < 4.78 is 25.7. The Morgan fingerprint density at radius 3 is 2.77 bits per heavy atom. The van der Waals surface area contributed by atoms with Crippen LogP contribution in [0.4, 0.5) is 8.78 Å². The SMILES string of the molecule is NCC(F)Cc1cccc(F)c1Cl. The van der Waals surface area contributed by atoms with Gasteiger partial charge >= 0.3 is 0 Å². The first-order valence-electron chi connectivity index (χ1n) is 3.92. The van der Waals surface area contributed by atoms with Gasteiger partial charge < -0.3 is 5.73 Å². The molecule has 0 amide bonds. The van der Waals surface area contributed by atoms with Gasteiger partial charge in [-0.05, 0) is 11.6 Å². The molecular weight excluding hydrogens is 196 g/mol. The van der Waals surface area contributed by atoms with E-state index in [1.807, 2.05) is 0 Å². The van der Waals surface area contributed by atoms with Gasteiger partial charge in [-0.15, -0.1) is 0 Å². The van der Waals surface area contributed by atoms with Crippen LogP contribution >= 0.6 is 11.6 Å². The molecule has 0 spiro atoms. The lowest BCUT2D eigenvalue weighted by atomic mass is 10.1. The summed E-state index contributed by atoms with van der Waals surface area (Å²) in [7, 11) is 0. The van der Waals surface area contributed by atoms with Crippen molar-refractivity contribution in [3.8, 4) is 0 Å². The largest absolute Gasteiger partial charge is 0.328 e. The molecule has 0 aliphatic rings. The number of halogens is 3. The number of alkyl halides is 1. The van der Waals surface area contributed by atoms with Crippen molar-refractivity contribution in [1.29, 1.82) is 0 Å². The molecule has 0 saturated heterocycles. The molecule has 0 fully saturated rings. The summed E-state index contributed by atoms with van der Waals surface area (Å²) in [6.45, 7) is -0.0765. The Hall–Kier alpha value is -0.670. The van der Waals surface area contributed by atoms with Gasteiger partial charge in [0.15, 0.2) is 0 Å². The van der Waals surface area contributed by atoms with Gasteiger partial charge in [-0.2, -0.15) is 0 Å². The van der Waals surface area contributed by atoms with Crippen LogP contribution in [-0.4, -0.2) is 12.7 Å². The zero-order chi connectivity index (χ0) is 9.84. The zero-order valence-corrected chi connectivity index (χ0v) is 7.69. The lowest BCUT2D eigenvalue weighted by Crippen LogP contribution is -2.17. The molecule has 0 aliphatic heterocycles. The Bertz CT molecular complexity index is 291. The molecule has 72 valence electrons.